The van der Waals surface area contributed by atoms with Crippen molar-refractivity contribution < 1.29 is 9.53 Å². The van der Waals surface area contributed by atoms with E-state index in [-0.39, 0.29) is 12.2 Å². The SMILES string of the molecule is C=CC(=O)OC(C)N(CCC)C(C)CC. The van der Waals surface area contributed by atoms with E-state index >= 15 is 0 Å². The molecule has 0 spiro atoms. The van der Waals surface area contributed by atoms with Crippen molar-refractivity contribution in [3.8, 4) is 0 Å². The summed E-state index contributed by atoms with van der Waals surface area (Å²) in [6, 6.07) is 0.428. The van der Waals surface area contributed by atoms with Crippen LogP contribution in [0.5, 0.6) is 0 Å². The summed E-state index contributed by atoms with van der Waals surface area (Å²) in [7, 11) is 0. The molecule has 0 aliphatic rings. The predicted octanol–water partition coefficient (Wildman–Crippen LogP) is 2.57. The van der Waals surface area contributed by atoms with Crippen LogP contribution in [0.15, 0.2) is 12.7 Å². The molecule has 0 saturated heterocycles. The van der Waals surface area contributed by atoms with E-state index in [0.717, 1.165) is 19.4 Å². The van der Waals surface area contributed by atoms with Gasteiger partial charge in [-0.2, -0.15) is 0 Å². The third-order valence-electron chi connectivity index (χ3n) is 2.56. The number of hydrogen-bond acceptors (Lipinski definition) is 3. The van der Waals surface area contributed by atoms with Gasteiger partial charge in [0.1, 0.15) is 0 Å². The number of nitrogens with zero attached hydrogens (tertiary/aromatic N) is 1. The van der Waals surface area contributed by atoms with E-state index in [1.807, 2.05) is 6.92 Å². The summed E-state index contributed by atoms with van der Waals surface area (Å²) < 4.78 is 5.21. The highest BCUT2D eigenvalue weighted by Crippen LogP contribution is 2.11. The molecule has 0 aromatic heterocycles. The van der Waals surface area contributed by atoms with Gasteiger partial charge in [0, 0.05) is 18.7 Å². The van der Waals surface area contributed by atoms with Crippen LogP contribution in [0.2, 0.25) is 0 Å². The Morgan fingerprint density at radius 3 is 2.47 bits per heavy atom. The van der Waals surface area contributed by atoms with Crippen LogP contribution < -0.4 is 0 Å². The molecule has 0 amide bonds. The Bertz CT molecular complexity index is 204. The summed E-state index contributed by atoms with van der Waals surface area (Å²) >= 11 is 0. The van der Waals surface area contributed by atoms with E-state index in [4.69, 9.17) is 4.74 Å². The van der Waals surface area contributed by atoms with Crippen LogP contribution in [-0.4, -0.2) is 29.7 Å². The molecule has 0 saturated carbocycles. The highest BCUT2D eigenvalue weighted by molar-refractivity contribution is 5.81. The van der Waals surface area contributed by atoms with Crippen LogP contribution in [0.4, 0.5) is 0 Å². The van der Waals surface area contributed by atoms with Gasteiger partial charge in [-0.15, -0.1) is 0 Å². The normalized spacial score (nSPS) is 14.7. The van der Waals surface area contributed by atoms with E-state index in [0.29, 0.717) is 6.04 Å². The highest BCUT2D eigenvalue weighted by atomic mass is 16.6. The third-order valence-corrected chi connectivity index (χ3v) is 2.56. The Morgan fingerprint density at radius 2 is 2.07 bits per heavy atom. The second kappa shape index (κ2) is 7.46. The smallest absolute Gasteiger partial charge is 0.331 e. The average molecular weight is 213 g/mol. The summed E-state index contributed by atoms with van der Waals surface area (Å²) in [6.07, 6.45) is 3.14. The van der Waals surface area contributed by atoms with Crippen molar-refractivity contribution in [1.29, 1.82) is 0 Å². The van der Waals surface area contributed by atoms with Crippen molar-refractivity contribution in [2.24, 2.45) is 0 Å². The first-order chi connectivity index (χ1) is 7.06. The zero-order valence-corrected chi connectivity index (χ0v) is 10.3. The molecule has 0 aliphatic heterocycles. The molecule has 0 aromatic rings. The lowest BCUT2D eigenvalue weighted by Crippen LogP contribution is -2.42. The molecule has 0 radical (unpaired) electrons. The fourth-order valence-corrected chi connectivity index (χ4v) is 1.54. The number of ether oxygens (including phenoxy) is 1. The van der Waals surface area contributed by atoms with Gasteiger partial charge in [-0.25, -0.2) is 4.79 Å². The minimum absolute atomic E-state index is 0.176. The molecule has 0 aliphatic carbocycles. The molecule has 2 atom stereocenters. The molecule has 0 bridgehead atoms. The van der Waals surface area contributed by atoms with E-state index in [1.54, 1.807) is 0 Å². The van der Waals surface area contributed by atoms with E-state index in [2.05, 4.69) is 32.3 Å². The molecule has 0 fully saturated rings. The lowest BCUT2D eigenvalue weighted by molar-refractivity contribution is -0.153. The second-order valence-electron chi connectivity index (χ2n) is 3.74. The molecule has 3 heteroatoms. The molecular weight excluding hydrogens is 190 g/mol. The van der Waals surface area contributed by atoms with Crippen LogP contribution in [0.25, 0.3) is 0 Å². The average Bonchev–Trinajstić information content (AvgIpc) is 2.24. The molecule has 3 nitrogen and oxygen atoms in total. The number of esters is 1. The molecule has 0 aromatic carbocycles. The van der Waals surface area contributed by atoms with Gasteiger partial charge in [-0.05, 0) is 26.7 Å². The zero-order chi connectivity index (χ0) is 11.8. The zero-order valence-electron chi connectivity index (χ0n) is 10.3. The summed E-state index contributed by atoms with van der Waals surface area (Å²) in [6.45, 7) is 12.6. The molecule has 15 heavy (non-hydrogen) atoms. The van der Waals surface area contributed by atoms with Crippen molar-refractivity contribution in [2.75, 3.05) is 6.54 Å². The van der Waals surface area contributed by atoms with Gasteiger partial charge in [-0.3, -0.25) is 4.90 Å². The first kappa shape index (κ1) is 14.2. The monoisotopic (exact) mass is 213 g/mol. The second-order valence-corrected chi connectivity index (χ2v) is 3.74. The van der Waals surface area contributed by atoms with Crippen LogP contribution in [0, 0.1) is 0 Å². The minimum Gasteiger partial charge on any atom is -0.443 e. The van der Waals surface area contributed by atoms with Gasteiger partial charge in [-0.1, -0.05) is 20.4 Å². The number of hydrogen-bond donors (Lipinski definition) is 0. The van der Waals surface area contributed by atoms with Crippen LogP contribution >= 0.6 is 0 Å². The summed E-state index contributed by atoms with van der Waals surface area (Å²) in [5, 5.41) is 0. The maximum absolute atomic E-state index is 11.1. The van der Waals surface area contributed by atoms with Gasteiger partial charge in [0.05, 0.1) is 0 Å². The Morgan fingerprint density at radius 1 is 1.47 bits per heavy atom. The summed E-state index contributed by atoms with van der Waals surface area (Å²) in [5.74, 6) is -0.355. The minimum atomic E-state index is -0.355. The van der Waals surface area contributed by atoms with E-state index in [1.165, 1.54) is 6.08 Å². The summed E-state index contributed by atoms with van der Waals surface area (Å²) in [5.41, 5.74) is 0. The Kier molecular flexibility index (Phi) is 7.05. The molecular formula is C12H23NO2. The fourth-order valence-electron chi connectivity index (χ4n) is 1.54. The van der Waals surface area contributed by atoms with Crippen molar-refractivity contribution in [3.05, 3.63) is 12.7 Å². The maximum atomic E-state index is 11.1. The predicted molar refractivity (Wildman–Crippen MR) is 62.5 cm³/mol. The largest absolute Gasteiger partial charge is 0.443 e. The quantitative estimate of drug-likeness (QED) is 0.370. The first-order valence-corrected chi connectivity index (χ1v) is 5.65. The molecule has 0 rings (SSSR count). The first-order valence-electron chi connectivity index (χ1n) is 5.65. The van der Waals surface area contributed by atoms with Crippen molar-refractivity contribution in [3.63, 3.8) is 0 Å². The molecule has 0 heterocycles. The molecule has 2 unspecified atom stereocenters. The standard InChI is InChI=1S/C12H23NO2/c1-6-9-13(10(4)7-2)11(5)15-12(14)8-3/h8,10-11H,3,6-7,9H2,1-2,4-5H3. The Balaban J connectivity index is 4.33. The summed E-state index contributed by atoms with van der Waals surface area (Å²) in [4.78, 5) is 13.3. The third kappa shape index (κ3) is 4.98. The van der Waals surface area contributed by atoms with Crippen LogP contribution in [0.3, 0.4) is 0 Å². The Hall–Kier alpha value is -0.830. The van der Waals surface area contributed by atoms with Gasteiger partial charge < -0.3 is 4.74 Å². The molecule has 0 N–H and O–H groups in total. The van der Waals surface area contributed by atoms with Crippen molar-refractivity contribution in [2.45, 2.75) is 52.8 Å². The number of carbonyl (C=O) groups excluding carboxylic acids is 1. The lowest BCUT2D eigenvalue weighted by atomic mass is 10.2. The number of rotatable bonds is 7. The van der Waals surface area contributed by atoms with Gasteiger partial charge in [0.15, 0.2) is 6.23 Å². The number of carbonyl (C=O) groups is 1. The van der Waals surface area contributed by atoms with Crippen LogP contribution in [-0.2, 0) is 9.53 Å². The van der Waals surface area contributed by atoms with Crippen LogP contribution in [0.1, 0.15) is 40.5 Å². The van der Waals surface area contributed by atoms with Gasteiger partial charge in [0.25, 0.3) is 0 Å². The van der Waals surface area contributed by atoms with Gasteiger partial charge in [0.2, 0.25) is 0 Å². The van der Waals surface area contributed by atoms with E-state index in [9.17, 15) is 4.79 Å². The van der Waals surface area contributed by atoms with Crippen molar-refractivity contribution >= 4 is 5.97 Å². The van der Waals surface area contributed by atoms with Crippen molar-refractivity contribution in [1.82, 2.24) is 4.90 Å². The maximum Gasteiger partial charge on any atom is 0.331 e. The Labute approximate surface area is 93.1 Å². The molecule has 88 valence electrons. The van der Waals surface area contributed by atoms with Gasteiger partial charge >= 0.3 is 5.97 Å². The van der Waals surface area contributed by atoms with E-state index < -0.39 is 0 Å². The topological polar surface area (TPSA) is 29.5 Å². The highest BCUT2D eigenvalue weighted by Gasteiger charge is 2.20. The lowest BCUT2D eigenvalue weighted by Gasteiger charge is -2.32. The fraction of sp³-hybridized carbons (Fsp3) is 0.750.